The Balaban J connectivity index is 1.84. The molecule has 2 heterocycles. The third kappa shape index (κ3) is 3.11. The lowest BCUT2D eigenvalue weighted by atomic mass is 10.2. The Bertz CT molecular complexity index is 1150. The van der Waals surface area contributed by atoms with Gasteiger partial charge in [-0.15, -0.1) is 0 Å². The minimum atomic E-state index is -0.421. The highest BCUT2D eigenvalue weighted by Crippen LogP contribution is 2.29. The fraction of sp³-hybridized carbons (Fsp3) is 0.105. The van der Waals surface area contributed by atoms with Crippen LogP contribution in [0.3, 0.4) is 0 Å². The van der Waals surface area contributed by atoms with Gasteiger partial charge < -0.3 is 5.73 Å². The molecule has 0 saturated heterocycles. The number of nitrogen functional groups attached to an aromatic ring is 1. The van der Waals surface area contributed by atoms with Gasteiger partial charge in [0.15, 0.2) is 11.5 Å². The van der Waals surface area contributed by atoms with Crippen LogP contribution in [-0.2, 0) is 6.54 Å². The van der Waals surface area contributed by atoms with Crippen LogP contribution in [0, 0.1) is 12.7 Å². The molecule has 0 aliphatic carbocycles. The van der Waals surface area contributed by atoms with Crippen molar-refractivity contribution in [2.45, 2.75) is 13.5 Å². The lowest BCUT2D eigenvalue weighted by Crippen LogP contribution is -2.05. The Morgan fingerprint density at radius 2 is 1.74 bits per heavy atom. The standard InChI is InChI=1S/C19H14Cl2FN5/c1-10-16-17(23)24-18(11-5-2-3-8-15(11)22)25-19(16)26-27(10)9-12-13(20)6-4-7-14(12)21/h2-8H,9H2,1H3,(H2,23,24,25,26). The van der Waals surface area contributed by atoms with Gasteiger partial charge in [0.2, 0.25) is 0 Å². The first-order chi connectivity index (χ1) is 13.0. The molecule has 136 valence electrons. The lowest BCUT2D eigenvalue weighted by Gasteiger charge is -2.08. The summed E-state index contributed by atoms with van der Waals surface area (Å²) < 4.78 is 15.8. The van der Waals surface area contributed by atoms with Gasteiger partial charge in [-0.25, -0.2) is 14.4 Å². The van der Waals surface area contributed by atoms with Gasteiger partial charge in [0, 0.05) is 21.3 Å². The van der Waals surface area contributed by atoms with Crippen LogP contribution in [-0.4, -0.2) is 19.7 Å². The van der Waals surface area contributed by atoms with E-state index >= 15 is 0 Å². The predicted octanol–water partition coefficient (Wildman–Crippen LogP) is 4.88. The number of aryl methyl sites for hydroxylation is 1. The second-order valence-electron chi connectivity index (χ2n) is 6.05. The molecule has 0 fully saturated rings. The number of nitrogens with two attached hydrogens (primary N) is 1. The van der Waals surface area contributed by atoms with E-state index in [1.54, 1.807) is 41.1 Å². The van der Waals surface area contributed by atoms with Gasteiger partial charge >= 0.3 is 0 Å². The van der Waals surface area contributed by atoms with E-state index in [1.807, 2.05) is 6.92 Å². The highest BCUT2D eigenvalue weighted by molar-refractivity contribution is 6.36. The summed E-state index contributed by atoms with van der Waals surface area (Å²) in [5.74, 6) is 0.0149. The maximum Gasteiger partial charge on any atom is 0.187 e. The quantitative estimate of drug-likeness (QED) is 0.531. The van der Waals surface area contributed by atoms with Gasteiger partial charge in [0.05, 0.1) is 17.5 Å². The van der Waals surface area contributed by atoms with Crippen molar-refractivity contribution in [2.75, 3.05) is 5.73 Å². The Labute approximate surface area is 164 Å². The van der Waals surface area contributed by atoms with Gasteiger partial charge in [-0.1, -0.05) is 41.4 Å². The first-order valence-corrected chi connectivity index (χ1v) is 8.89. The molecule has 4 rings (SSSR count). The molecular formula is C19H14Cl2FN5. The van der Waals surface area contributed by atoms with Crippen molar-refractivity contribution < 1.29 is 4.39 Å². The number of hydrogen-bond acceptors (Lipinski definition) is 4. The van der Waals surface area contributed by atoms with Crippen molar-refractivity contribution in [1.82, 2.24) is 19.7 Å². The molecule has 0 radical (unpaired) electrons. The number of nitrogens with zero attached hydrogens (tertiary/aromatic N) is 4. The van der Waals surface area contributed by atoms with E-state index in [4.69, 9.17) is 28.9 Å². The summed E-state index contributed by atoms with van der Waals surface area (Å²) in [6.45, 7) is 2.22. The van der Waals surface area contributed by atoms with Gasteiger partial charge in [0.1, 0.15) is 11.6 Å². The number of halogens is 3. The van der Waals surface area contributed by atoms with Crippen molar-refractivity contribution >= 4 is 40.1 Å². The Hall–Kier alpha value is -2.70. The zero-order chi connectivity index (χ0) is 19.1. The molecule has 0 aliphatic heterocycles. The third-order valence-corrected chi connectivity index (χ3v) is 5.07. The number of benzene rings is 2. The molecule has 2 aromatic carbocycles. The SMILES string of the molecule is Cc1c2c(N)nc(-c3ccccc3F)nc2nn1Cc1c(Cl)cccc1Cl. The summed E-state index contributed by atoms with van der Waals surface area (Å²) in [5, 5.41) is 6.23. The highest BCUT2D eigenvalue weighted by Gasteiger charge is 2.18. The summed E-state index contributed by atoms with van der Waals surface area (Å²) in [5.41, 5.74) is 8.32. The first-order valence-electron chi connectivity index (χ1n) is 8.14. The molecule has 0 aliphatic rings. The number of rotatable bonds is 3. The molecule has 0 saturated carbocycles. The van der Waals surface area contributed by atoms with E-state index in [0.717, 1.165) is 11.3 Å². The maximum atomic E-state index is 14.1. The average Bonchev–Trinajstić information content (AvgIpc) is 2.95. The van der Waals surface area contributed by atoms with Crippen molar-refractivity contribution in [3.8, 4) is 11.4 Å². The number of hydrogen-bond donors (Lipinski definition) is 1. The highest BCUT2D eigenvalue weighted by atomic mass is 35.5. The van der Waals surface area contributed by atoms with Crippen molar-refractivity contribution in [3.63, 3.8) is 0 Å². The zero-order valence-electron chi connectivity index (χ0n) is 14.2. The van der Waals surface area contributed by atoms with Crippen LogP contribution < -0.4 is 5.73 Å². The molecule has 2 aromatic heterocycles. The Morgan fingerprint density at radius 3 is 2.44 bits per heavy atom. The molecule has 0 unspecified atom stereocenters. The minimum absolute atomic E-state index is 0.193. The van der Waals surface area contributed by atoms with Crippen LogP contribution in [0.15, 0.2) is 42.5 Å². The Morgan fingerprint density at radius 1 is 1.04 bits per heavy atom. The largest absolute Gasteiger partial charge is 0.383 e. The van der Waals surface area contributed by atoms with Crippen LogP contribution in [0.2, 0.25) is 10.0 Å². The minimum Gasteiger partial charge on any atom is -0.383 e. The van der Waals surface area contributed by atoms with E-state index in [9.17, 15) is 4.39 Å². The van der Waals surface area contributed by atoms with Crippen molar-refractivity contribution in [2.24, 2.45) is 0 Å². The van der Waals surface area contributed by atoms with Gasteiger partial charge in [-0.2, -0.15) is 5.10 Å². The fourth-order valence-corrected chi connectivity index (χ4v) is 3.47. The third-order valence-electron chi connectivity index (χ3n) is 4.37. The van der Waals surface area contributed by atoms with E-state index in [2.05, 4.69) is 15.1 Å². The molecule has 0 atom stereocenters. The van der Waals surface area contributed by atoms with Crippen LogP contribution in [0.4, 0.5) is 10.2 Å². The molecule has 4 aromatic rings. The molecule has 0 bridgehead atoms. The van der Waals surface area contributed by atoms with E-state index in [0.29, 0.717) is 27.6 Å². The molecule has 5 nitrogen and oxygen atoms in total. The van der Waals surface area contributed by atoms with E-state index in [-0.39, 0.29) is 17.2 Å². The molecular weight excluding hydrogens is 388 g/mol. The van der Waals surface area contributed by atoms with Crippen LogP contribution >= 0.6 is 23.2 Å². The maximum absolute atomic E-state index is 14.1. The van der Waals surface area contributed by atoms with Crippen molar-refractivity contribution in [1.29, 1.82) is 0 Å². The zero-order valence-corrected chi connectivity index (χ0v) is 15.8. The molecule has 27 heavy (non-hydrogen) atoms. The lowest BCUT2D eigenvalue weighted by molar-refractivity contribution is 0.630. The van der Waals surface area contributed by atoms with Gasteiger partial charge in [-0.3, -0.25) is 4.68 Å². The second kappa shape index (κ2) is 6.79. The molecule has 0 amide bonds. The first kappa shape index (κ1) is 17.7. The Kier molecular flexibility index (Phi) is 4.45. The van der Waals surface area contributed by atoms with Gasteiger partial charge in [0.25, 0.3) is 0 Å². The smallest absolute Gasteiger partial charge is 0.187 e. The van der Waals surface area contributed by atoms with Crippen molar-refractivity contribution in [3.05, 3.63) is 69.6 Å². The summed E-state index contributed by atoms with van der Waals surface area (Å²) in [7, 11) is 0. The van der Waals surface area contributed by atoms with E-state index < -0.39 is 5.82 Å². The van der Waals surface area contributed by atoms with Crippen LogP contribution in [0.5, 0.6) is 0 Å². The number of anilines is 1. The second-order valence-corrected chi connectivity index (χ2v) is 6.87. The predicted molar refractivity (Wildman–Crippen MR) is 105 cm³/mol. The van der Waals surface area contributed by atoms with Crippen LogP contribution in [0.1, 0.15) is 11.3 Å². The average molecular weight is 402 g/mol. The molecule has 2 N–H and O–H groups in total. The summed E-state index contributed by atoms with van der Waals surface area (Å²) in [6.07, 6.45) is 0. The summed E-state index contributed by atoms with van der Waals surface area (Å²) in [4.78, 5) is 8.68. The van der Waals surface area contributed by atoms with E-state index in [1.165, 1.54) is 6.07 Å². The monoisotopic (exact) mass is 401 g/mol. The molecule has 8 heteroatoms. The summed E-state index contributed by atoms with van der Waals surface area (Å²) in [6, 6.07) is 11.6. The fourth-order valence-electron chi connectivity index (χ4n) is 2.95. The number of aromatic nitrogens is 4. The molecule has 0 spiro atoms. The normalized spacial score (nSPS) is 11.3. The summed E-state index contributed by atoms with van der Waals surface area (Å²) >= 11 is 12.5. The topological polar surface area (TPSA) is 69.6 Å². The van der Waals surface area contributed by atoms with Gasteiger partial charge in [-0.05, 0) is 31.2 Å². The number of fused-ring (bicyclic) bond motifs is 1. The van der Waals surface area contributed by atoms with Crippen LogP contribution in [0.25, 0.3) is 22.4 Å².